The molecule has 3 amide bonds. The summed E-state index contributed by atoms with van der Waals surface area (Å²) in [6.45, 7) is 4.86. The zero-order valence-corrected chi connectivity index (χ0v) is 18.7. The van der Waals surface area contributed by atoms with E-state index < -0.39 is 41.2 Å². The topological polar surface area (TPSA) is 184 Å². The number of likely N-dealkylation sites (tertiary alicyclic amines) is 1. The van der Waals surface area contributed by atoms with Crippen LogP contribution >= 0.6 is 0 Å². The van der Waals surface area contributed by atoms with Gasteiger partial charge >= 0.3 is 12.2 Å². The van der Waals surface area contributed by atoms with E-state index >= 15 is 0 Å². The predicted molar refractivity (Wildman–Crippen MR) is 117 cm³/mol. The van der Waals surface area contributed by atoms with Crippen LogP contribution in [0.15, 0.2) is 29.3 Å². The lowest BCUT2D eigenvalue weighted by atomic mass is 10.2. The van der Waals surface area contributed by atoms with E-state index in [9.17, 15) is 24.5 Å². The molecule has 0 unspecified atom stereocenters. The Hall–Kier alpha value is -3.90. The van der Waals surface area contributed by atoms with Crippen molar-refractivity contribution in [1.29, 1.82) is 0 Å². The van der Waals surface area contributed by atoms with E-state index in [1.807, 2.05) is 0 Å². The molecule has 0 aliphatic carbocycles. The van der Waals surface area contributed by atoms with Crippen LogP contribution < -0.4 is 11.5 Å². The monoisotopic (exact) mass is 464 g/mol. The second-order valence-electron chi connectivity index (χ2n) is 8.35. The smallest absolute Gasteiger partial charge is 0.417 e. The van der Waals surface area contributed by atoms with Crippen LogP contribution in [0, 0.1) is 10.1 Å². The van der Waals surface area contributed by atoms with Gasteiger partial charge in [0.05, 0.1) is 11.0 Å². The first kappa shape index (κ1) is 25.4. The van der Waals surface area contributed by atoms with Crippen LogP contribution in [0.5, 0.6) is 0 Å². The van der Waals surface area contributed by atoms with Crippen LogP contribution in [0.3, 0.4) is 0 Å². The zero-order valence-electron chi connectivity index (χ0n) is 18.7. The van der Waals surface area contributed by atoms with Crippen molar-refractivity contribution in [1.82, 2.24) is 9.80 Å². The average Bonchev–Trinajstić information content (AvgIpc) is 3.19. The van der Waals surface area contributed by atoms with Crippen molar-refractivity contribution < 1.29 is 28.8 Å². The quantitative estimate of drug-likeness (QED) is 0.271. The molecule has 1 fully saturated rings. The van der Waals surface area contributed by atoms with Gasteiger partial charge in [0.2, 0.25) is 0 Å². The van der Waals surface area contributed by atoms with Crippen molar-refractivity contribution in [2.45, 2.75) is 45.4 Å². The molecule has 1 atom stereocenters. The van der Waals surface area contributed by atoms with Crippen molar-refractivity contribution in [3.8, 4) is 0 Å². The first-order valence-electron chi connectivity index (χ1n) is 10.1. The summed E-state index contributed by atoms with van der Waals surface area (Å²) in [6.07, 6.45) is -1.18. The van der Waals surface area contributed by atoms with Gasteiger partial charge in [-0.25, -0.2) is 19.5 Å². The number of aliphatic imine (C=N–C) groups is 1. The largest absolute Gasteiger partial charge is 0.444 e. The molecule has 4 N–H and O–H groups in total. The normalized spacial score (nSPS) is 15.5. The van der Waals surface area contributed by atoms with Crippen molar-refractivity contribution in [2.75, 3.05) is 19.6 Å². The predicted octanol–water partition coefficient (Wildman–Crippen LogP) is 1.34. The third kappa shape index (κ3) is 7.63. The fourth-order valence-corrected chi connectivity index (χ4v) is 3.06. The molecule has 0 bridgehead atoms. The lowest BCUT2D eigenvalue weighted by Gasteiger charge is -2.27. The standard InChI is InChI=1S/C20H28N6O7/c1-20(2,3)33-18(28)24-9-8-15(11-24)25(16(27)10-23-17(21)22)19(29)32-12-13-4-6-14(7-5-13)26(30)31/h4-7,15H,8-12H2,1-3H3,(H4,21,22,23)/t15-/m0/s1. The summed E-state index contributed by atoms with van der Waals surface area (Å²) in [7, 11) is 0. The number of guanidine groups is 1. The highest BCUT2D eigenvalue weighted by atomic mass is 16.6. The Morgan fingerprint density at radius 1 is 1.24 bits per heavy atom. The number of ether oxygens (including phenoxy) is 2. The number of amides is 3. The number of carbonyl (C=O) groups excluding carboxylic acids is 3. The van der Waals surface area contributed by atoms with Crippen LogP contribution in [0.4, 0.5) is 15.3 Å². The number of imide groups is 1. The molecule has 0 spiro atoms. The highest BCUT2D eigenvalue weighted by Crippen LogP contribution is 2.21. The minimum atomic E-state index is -0.944. The van der Waals surface area contributed by atoms with Gasteiger partial charge in [-0.05, 0) is 44.9 Å². The molecule has 2 rings (SSSR count). The Bertz CT molecular complexity index is 922. The molecule has 0 radical (unpaired) electrons. The molecule has 13 heteroatoms. The van der Waals surface area contributed by atoms with E-state index in [4.69, 9.17) is 20.9 Å². The molecule has 1 aromatic carbocycles. The fourth-order valence-electron chi connectivity index (χ4n) is 3.06. The number of hydrogen-bond acceptors (Lipinski definition) is 8. The fraction of sp³-hybridized carbons (Fsp3) is 0.500. The van der Waals surface area contributed by atoms with E-state index in [0.717, 1.165) is 4.90 Å². The summed E-state index contributed by atoms with van der Waals surface area (Å²) in [6, 6.07) is 4.78. The summed E-state index contributed by atoms with van der Waals surface area (Å²) in [5.41, 5.74) is 10.3. The third-order valence-corrected chi connectivity index (χ3v) is 4.55. The first-order chi connectivity index (χ1) is 15.4. The zero-order chi connectivity index (χ0) is 24.8. The number of nitro groups is 1. The molecule has 0 aromatic heterocycles. The van der Waals surface area contributed by atoms with Gasteiger partial charge in [-0.1, -0.05) is 0 Å². The van der Waals surface area contributed by atoms with E-state index in [1.165, 1.54) is 29.2 Å². The summed E-state index contributed by atoms with van der Waals surface area (Å²) in [4.78, 5) is 54.0. The second kappa shape index (κ2) is 10.6. The number of benzene rings is 1. The number of nitro benzene ring substituents is 1. The first-order valence-corrected chi connectivity index (χ1v) is 10.1. The van der Waals surface area contributed by atoms with Crippen LogP contribution in [0.2, 0.25) is 0 Å². The number of rotatable bonds is 6. The van der Waals surface area contributed by atoms with Crippen LogP contribution in [-0.4, -0.2) is 70.1 Å². The van der Waals surface area contributed by atoms with Crippen molar-refractivity contribution in [2.24, 2.45) is 16.5 Å². The lowest BCUT2D eigenvalue weighted by Crippen LogP contribution is -2.48. The Morgan fingerprint density at radius 3 is 2.42 bits per heavy atom. The summed E-state index contributed by atoms with van der Waals surface area (Å²) >= 11 is 0. The van der Waals surface area contributed by atoms with Gasteiger partial charge in [-0.15, -0.1) is 0 Å². The van der Waals surface area contributed by atoms with Crippen LogP contribution in [-0.2, 0) is 20.9 Å². The molecule has 0 saturated carbocycles. The maximum Gasteiger partial charge on any atom is 0.417 e. The number of non-ortho nitro benzene ring substituents is 1. The molecule has 33 heavy (non-hydrogen) atoms. The number of hydrogen-bond donors (Lipinski definition) is 2. The van der Waals surface area contributed by atoms with Gasteiger partial charge < -0.3 is 25.8 Å². The second-order valence-corrected chi connectivity index (χ2v) is 8.35. The van der Waals surface area contributed by atoms with E-state index in [-0.39, 0.29) is 31.3 Å². The maximum absolute atomic E-state index is 12.8. The SMILES string of the molecule is CC(C)(C)OC(=O)N1CC[C@H](N(C(=O)CN=C(N)N)C(=O)OCc2ccc([N+](=O)[O-])cc2)C1. The lowest BCUT2D eigenvalue weighted by molar-refractivity contribution is -0.384. The molecular formula is C20H28N6O7. The van der Waals surface area contributed by atoms with Crippen LogP contribution in [0.1, 0.15) is 32.8 Å². The molecule has 180 valence electrons. The molecule has 13 nitrogen and oxygen atoms in total. The average molecular weight is 464 g/mol. The van der Waals surface area contributed by atoms with E-state index in [1.54, 1.807) is 20.8 Å². The minimum absolute atomic E-state index is 0.0646. The molecule has 1 aliphatic heterocycles. The highest BCUT2D eigenvalue weighted by Gasteiger charge is 2.38. The minimum Gasteiger partial charge on any atom is -0.444 e. The Labute approximate surface area is 190 Å². The van der Waals surface area contributed by atoms with E-state index in [0.29, 0.717) is 12.0 Å². The summed E-state index contributed by atoms with van der Waals surface area (Å²) in [5.74, 6) is -1.02. The molecule has 1 aromatic rings. The van der Waals surface area contributed by atoms with Crippen molar-refractivity contribution >= 4 is 29.7 Å². The molecular weight excluding hydrogens is 436 g/mol. The Morgan fingerprint density at radius 2 is 1.88 bits per heavy atom. The Balaban J connectivity index is 2.10. The molecule has 1 heterocycles. The third-order valence-electron chi connectivity index (χ3n) is 4.55. The van der Waals surface area contributed by atoms with Gasteiger partial charge in [-0.2, -0.15) is 0 Å². The highest BCUT2D eigenvalue weighted by molar-refractivity contribution is 5.94. The maximum atomic E-state index is 12.8. The number of nitrogens with zero attached hydrogens (tertiary/aromatic N) is 4. The number of nitrogens with two attached hydrogens (primary N) is 2. The van der Waals surface area contributed by atoms with Gasteiger partial charge in [0.25, 0.3) is 11.6 Å². The van der Waals surface area contributed by atoms with Gasteiger partial charge in [0, 0.05) is 25.2 Å². The van der Waals surface area contributed by atoms with Gasteiger partial charge in [-0.3, -0.25) is 14.9 Å². The van der Waals surface area contributed by atoms with Crippen molar-refractivity contribution in [3.05, 3.63) is 39.9 Å². The summed E-state index contributed by atoms with van der Waals surface area (Å²) in [5, 5.41) is 10.8. The Kier molecular flexibility index (Phi) is 8.16. The van der Waals surface area contributed by atoms with Crippen molar-refractivity contribution in [3.63, 3.8) is 0 Å². The van der Waals surface area contributed by atoms with Gasteiger partial charge in [0.15, 0.2) is 5.96 Å². The van der Waals surface area contributed by atoms with Gasteiger partial charge in [0.1, 0.15) is 18.8 Å². The number of carbonyl (C=O) groups is 3. The molecule has 1 saturated heterocycles. The van der Waals surface area contributed by atoms with Crippen LogP contribution in [0.25, 0.3) is 0 Å². The molecule has 1 aliphatic rings. The summed E-state index contributed by atoms with van der Waals surface area (Å²) < 4.78 is 10.6. The van der Waals surface area contributed by atoms with E-state index in [2.05, 4.69) is 4.99 Å².